The molecule has 0 spiro atoms. The average molecular weight is 263 g/mol. The topological polar surface area (TPSA) is 54.4 Å². The zero-order valence-corrected chi connectivity index (χ0v) is 12.1. The molecule has 0 aliphatic rings. The minimum absolute atomic E-state index is 0.0666. The molecule has 0 bridgehead atoms. The molecule has 0 fully saturated rings. The van der Waals surface area contributed by atoms with Crippen LogP contribution in [0.5, 0.6) is 0 Å². The summed E-state index contributed by atoms with van der Waals surface area (Å²) in [5.41, 5.74) is 0.956. The normalized spacial score (nSPS) is 11.6. The van der Waals surface area contributed by atoms with Gasteiger partial charge in [0.2, 0.25) is 0 Å². The van der Waals surface area contributed by atoms with E-state index in [1.165, 1.54) is 12.1 Å². The van der Waals surface area contributed by atoms with E-state index in [-0.39, 0.29) is 12.2 Å². The maximum Gasteiger partial charge on any atom is 0.294 e. The lowest BCUT2D eigenvalue weighted by molar-refractivity contribution is 0.483. The van der Waals surface area contributed by atoms with Gasteiger partial charge < -0.3 is 0 Å². The molecule has 0 heterocycles. The number of hydrogen-bond donors (Lipinski definition) is 1. The SMILES string of the molecule is C[P+](C)(C)C.Cc1ccc(S(=O)(=O)O)cc1. The van der Waals surface area contributed by atoms with Crippen molar-refractivity contribution in [2.75, 3.05) is 26.7 Å². The Bertz CT molecular complexity index is 410. The highest BCUT2D eigenvalue weighted by Gasteiger charge is 2.06. The Morgan fingerprint density at radius 2 is 1.31 bits per heavy atom. The first-order valence-corrected chi connectivity index (χ1v) is 9.85. The second-order valence-corrected chi connectivity index (χ2v) is 11.8. The fourth-order valence-electron chi connectivity index (χ4n) is 0.710. The summed E-state index contributed by atoms with van der Waals surface area (Å²) in [5, 5.41) is 0. The van der Waals surface area contributed by atoms with Crippen LogP contribution in [0.15, 0.2) is 29.2 Å². The Hall–Kier alpha value is -0.440. The van der Waals surface area contributed by atoms with E-state index in [0.29, 0.717) is 0 Å². The quantitative estimate of drug-likeness (QED) is 0.626. The summed E-state index contributed by atoms with van der Waals surface area (Å²) in [6.07, 6.45) is 0. The Balaban J connectivity index is 0.000000385. The monoisotopic (exact) mass is 263 g/mol. The van der Waals surface area contributed by atoms with Gasteiger partial charge in [0.15, 0.2) is 0 Å². The van der Waals surface area contributed by atoms with Crippen molar-refractivity contribution >= 4 is 17.4 Å². The molecular weight excluding hydrogens is 243 g/mol. The molecule has 92 valence electrons. The van der Waals surface area contributed by atoms with Gasteiger partial charge in [-0.2, -0.15) is 8.42 Å². The summed E-state index contributed by atoms with van der Waals surface area (Å²) < 4.78 is 29.6. The summed E-state index contributed by atoms with van der Waals surface area (Å²) in [4.78, 5) is -0.0666. The summed E-state index contributed by atoms with van der Waals surface area (Å²) in [5.74, 6) is 0. The molecule has 0 aliphatic carbocycles. The number of hydrogen-bond acceptors (Lipinski definition) is 2. The van der Waals surface area contributed by atoms with E-state index in [1.807, 2.05) is 6.92 Å². The zero-order valence-electron chi connectivity index (χ0n) is 10.4. The molecule has 1 N–H and O–H groups in total. The van der Waals surface area contributed by atoms with Crippen LogP contribution in [-0.2, 0) is 10.1 Å². The van der Waals surface area contributed by atoms with Crippen molar-refractivity contribution < 1.29 is 13.0 Å². The van der Waals surface area contributed by atoms with Gasteiger partial charge in [0, 0.05) is 33.9 Å². The first-order chi connectivity index (χ1) is 7.00. The Morgan fingerprint density at radius 3 is 1.56 bits per heavy atom. The molecule has 3 nitrogen and oxygen atoms in total. The Kier molecular flexibility index (Phi) is 5.60. The van der Waals surface area contributed by atoms with E-state index in [4.69, 9.17) is 4.55 Å². The Morgan fingerprint density at radius 1 is 1.00 bits per heavy atom. The molecule has 0 aliphatic heterocycles. The molecule has 0 aromatic heterocycles. The predicted octanol–water partition coefficient (Wildman–Crippen LogP) is 2.76. The van der Waals surface area contributed by atoms with Crippen molar-refractivity contribution in [2.24, 2.45) is 0 Å². The molecular formula is C11H20O3PS+. The van der Waals surface area contributed by atoms with Crippen LogP contribution in [0.4, 0.5) is 0 Å². The van der Waals surface area contributed by atoms with Crippen molar-refractivity contribution in [2.45, 2.75) is 11.8 Å². The van der Waals surface area contributed by atoms with E-state index in [0.717, 1.165) is 5.56 Å². The largest absolute Gasteiger partial charge is 0.294 e. The third kappa shape index (κ3) is 8.84. The highest BCUT2D eigenvalue weighted by Crippen LogP contribution is 2.40. The van der Waals surface area contributed by atoms with E-state index in [9.17, 15) is 8.42 Å². The van der Waals surface area contributed by atoms with Gasteiger partial charge in [-0.25, -0.2) is 0 Å². The molecule has 1 aromatic carbocycles. The molecule has 0 radical (unpaired) electrons. The predicted molar refractivity (Wildman–Crippen MR) is 71.6 cm³/mol. The molecule has 5 heteroatoms. The summed E-state index contributed by atoms with van der Waals surface area (Å²) in [6.45, 7) is 11.0. The van der Waals surface area contributed by atoms with Gasteiger partial charge in [-0.05, 0) is 19.1 Å². The van der Waals surface area contributed by atoms with Gasteiger partial charge in [-0.3, -0.25) is 4.55 Å². The van der Waals surface area contributed by atoms with E-state index < -0.39 is 10.1 Å². The van der Waals surface area contributed by atoms with Crippen LogP contribution in [0.1, 0.15) is 5.56 Å². The van der Waals surface area contributed by atoms with Crippen LogP contribution in [0.2, 0.25) is 0 Å². The summed E-state index contributed by atoms with van der Waals surface area (Å²) in [7, 11) is -4.41. The van der Waals surface area contributed by atoms with E-state index >= 15 is 0 Å². The molecule has 0 atom stereocenters. The van der Waals surface area contributed by atoms with Gasteiger partial charge in [-0.15, -0.1) is 0 Å². The molecule has 0 saturated heterocycles. The third-order valence-corrected chi connectivity index (χ3v) is 2.19. The number of aryl methyl sites for hydroxylation is 1. The average Bonchev–Trinajstić information content (AvgIpc) is 1.99. The van der Waals surface area contributed by atoms with Gasteiger partial charge in [0.1, 0.15) is 0 Å². The zero-order chi connectivity index (χ0) is 13.0. The maximum absolute atomic E-state index is 10.5. The van der Waals surface area contributed by atoms with Crippen molar-refractivity contribution in [1.82, 2.24) is 0 Å². The van der Waals surface area contributed by atoms with Crippen LogP contribution >= 0.6 is 7.26 Å². The van der Waals surface area contributed by atoms with E-state index in [2.05, 4.69) is 26.7 Å². The van der Waals surface area contributed by atoms with E-state index in [1.54, 1.807) is 12.1 Å². The van der Waals surface area contributed by atoms with Gasteiger partial charge in [-0.1, -0.05) is 17.7 Å². The number of rotatable bonds is 1. The van der Waals surface area contributed by atoms with Crippen LogP contribution in [0, 0.1) is 6.92 Å². The second kappa shape index (κ2) is 5.76. The minimum Gasteiger partial charge on any atom is -0.282 e. The third-order valence-electron chi connectivity index (χ3n) is 1.32. The van der Waals surface area contributed by atoms with Gasteiger partial charge in [0.25, 0.3) is 10.1 Å². The smallest absolute Gasteiger partial charge is 0.282 e. The molecule has 0 saturated carbocycles. The maximum atomic E-state index is 10.5. The fraction of sp³-hybridized carbons (Fsp3) is 0.455. The van der Waals surface area contributed by atoms with Gasteiger partial charge >= 0.3 is 0 Å². The van der Waals surface area contributed by atoms with Crippen molar-refractivity contribution in [3.63, 3.8) is 0 Å². The fourth-order valence-corrected chi connectivity index (χ4v) is 1.19. The van der Waals surface area contributed by atoms with Crippen molar-refractivity contribution in [1.29, 1.82) is 0 Å². The molecule has 0 unspecified atom stereocenters. The van der Waals surface area contributed by atoms with Gasteiger partial charge in [0.05, 0.1) is 4.90 Å². The molecule has 1 rings (SSSR count). The Labute approximate surface area is 99.0 Å². The highest BCUT2D eigenvalue weighted by molar-refractivity contribution is 7.85. The second-order valence-electron chi connectivity index (χ2n) is 4.97. The summed E-state index contributed by atoms with van der Waals surface area (Å²) >= 11 is 0. The standard InChI is InChI=1S/C7H8O3S.C4H12P/c1-6-2-4-7(5-3-6)11(8,9)10;1-5(2,3)4/h2-5H,1H3,(H,8,9,10);1-4H3/q;+1. The van der Waals surface area contributed by atoms with Crippen molar-refractivity contribution in [3.8, 4) is 0 Å². The first kappa shape index (κ1) is 15.6. The minimum atomic E-state index is -4.02. The first-order valence-electron chi connectivity index (χ1n) is 4.83. The molecule has 0 amide bonds. The highest BCUT2D eigenvalue weighted by atomic mass is 32.2. The molecule has 16 heavy (non-hydrogen) atoms. The lowest BCUT2D eigenvalue weighted by atomic mass is 10.2. The van der Waals surface area contributed by atoms with Crippen LogP contribution in [0.25, 0.3) is 0 Å². The molecule has 1 aromatic rings. The van der Waals surface area contributed by atoms with Crippen LogP contribution in [-0.4, -0.2) is 39.6 Å². The lowest BCUT2D eigenvalue weighted by Gasteiger charge is -1.97. The van der Waals surface area contributed by atoms with Crippen molar-refractivity contribution in [3.05, 3.63) is 29.8 Å². The number of benzene rings is 1. The van der Waals surface area contributed by atoms with Crippen LogP contribution in [0.3, 0.4) is 0 Å². The summed E-state index contributed by atoms with van der Waals surface area (Å²) in [6, 6.07) is 5.99. The lowest BCUT2D eigenvalue weighted by Crippen LogP contribution is -1.96. The van der Waals surface area contributed by atoms with Crippen LogP contribution < -0.4 is 0 Å².